The second-order valence-corrected chi connectivity index (χ2v) is 10.9. The zero-order valence-electron chi connectivity index (χ0n) is 23.2. The monoisotopic (exact) mass is 571 g/mol. The first-order valence-electron chi connectivity index (χ1n) is 12.6. The van der Waals surface area contributed by atoms with E-state index in [1.807, 2.05) is 6.92 Å². The lowest BCUT2D eigenvalue weighted by molar-refractivity contribution is -0.140. The molecule has 0 aliphatic carbocycles. The third kappa shape index (κ3) is 6.90. The van der Waals surface area contributed by atoms with Gasteiger partial charge in [-0.25, -0.2) is 12.8 Å². The molecule has 0 unspecified atom stereocenters. The van der Waals surface area contributed by atoms with E-state index in [1.54, 1.807) is 31.2 Å². The van der Waals surface area contributed by atoms with Gasteiger partial charge in [0.2, 0.25) is 11.8 Å². The third-order valence-corrected chi connectivity index (χ3v) is 8.22. The molecule has 0 aliphatic rings. The highest BCUT2D eigenvalue weighted by Crippen LogP contribution is 2.36. The number of anilines is 1. The van der Waals surface area contributed by atoms with Gasteiger partial charge in [-0.2, -0.15) is 0 Å². The largest absolute Gasteiger partial charge is 0.497 e. The molecule has 0 spiro atoms. The minimum absolute atomic E-state index is 0.0285. The number of carbonyl (C=O) groups is 2. The zero-order chi connectivity index (χ0) is 29.4. The molecule has 0 bridgehead atoms. The molecule has 3 aromatic rings. The van der Waals surface area contributed by atoms with Crippen LogP contribution in [0.25, 0.3) is 0 Å². The lowest BCUT2D eigenvalue weighted by Gasteiger charge is -2.33. The molecule has 0 aromatic heterocycles. The summed E-state index contributed by atoms with van der Waals surface area (Å²) in [6.45, 7) is 2.89. The second kappa shape index (κ2) is 13.3. The van der Waals surface area contributed by atoms with Crippen LogP contribution in [-0.4, -0.2) is 59.0 Å². The first-order chi connectivity index (χ1) is 19.0. The molecule has 11 heteroatoms. The van der Waals surface area contributed by atoms with Gasteiger partial charge >= 0.3 is 0 Å². The van der Waals surface area contributed by atoms with Gasteiger partial charge in [0.05, 0.1) is 24.8 Å². The third-order valence-electron chi connectivity index (χ3n) is 6.44. The summed E-state index contributed by atoms with van der Waals surface area (Å²) in [5, 5.41) is 2.56. The number of likely N-dealkylation sites (N-methyl/N-ethyl adjacent to an activating group) is 1. The molecule has 0 saturated heterocycles. The van der Waals surface area contributed by atoms with Crippen LogP contribution in [0.4, 0.5) is 10.1 Å². The minimum atomic E-state index is -4.29. The number of halogens is 1. The maximum absolute atomic E-state index is 14.0. The van der Waals surface area contributed by atoms with Crippen LogP contribution >= 0.6 is 0 Å². The van der Waals surface area contributed by atoms with Crippen molar-refractivity contribution in [3.8, 4) is 11.5 Å². The number of hydrogen-bond donors (Lipinski definition) is 1. The Bertz CT molecular complexity index is 1430. The van der Waals surface area contributed by atoms with Crippen LogP contribution in [0.5, 0.6) is 11.5 Å². The number of carbonyl (C=O) groups excluding carboxylic acids is 2. The Hall–Kier alpha value is -4.12. The summed E-state index contributed by atoms with van der Waals surface area (Å²) in [6.07, 6.45) is 0.264. The van der Waals surface area contributed by atoms with Crippen LogP contribution in [-0.2, 0) is 26.2 Å². The summed E-state index contributed by atoms with van der Waals surface area (Å²) in [6, 6.07) is 15.5. The van der Waals surface area contributed by atoms with Gasteiger partial charge in [-0.05, 0) is 55.3 Å². The topological polar surface area (TPSA) is 105 Å². The maximum Gasteiger partial charge on any atom is 0.264 e. The van der Waals surface area contributed by atoms with E-state index in [4.69, 9.17) is 9.47 Å². The molecule has 0 saturated carbocycles. The number of amides is 2. The predicted molar refractivity (Wildman–Crippen MR) is 150 cm³/mol. The van der Waals surface area contributed by atoms with Gasteiger partial charge in [-0.1, -0.05) is 36.8 Å². The smallest absolute Gasteiger partial charge is 0.264 e. The van der Waals surface area contributed by atoms with E-state index in [-0.39, 0.29) is 29.3 Å². The quantitative estimate of drug-likeness (QED) is 0.354. The molecule has 2 amide bonds. The summed E-state index contributed by atoms with van der Waals surface area (Å²) >= 11 is 0. The van der Waals surface area contributed by atoms with E-state index in [9.17, 15) is 22.4 Å². The number of ether oxygens (including phenoxy) is 2. The molecule has 3 rings (SSSR count). The number of sulfonamides is 1. The summed E-state index contributed by atoms with van der Waals surface area (Å²) in [4.78, 5) is 28.1. The fraction of sp³-hybridized carbons (Fsp3) is 0.310. The lowest BCUT2D eigenvalue weighted by atomic mass is 10.1. The van der Waals surface area contributed by atoms with Gasteiger partial charge < -0.3 is 19.7 Å². The van der Waals surface area contributed by atoms with Crippen LogP contribution in [0.2, 0.25) is 0 Å². The SMILES string of the molecule is CC[C@H](C(=O)NC)N(Cc1ccc(F)cc1)C(=O)CN(c1cc(OC)ccc1OC)S(=O)(=O)c1ccc(C)cc1. The Kier molecular flexibility index (Phi) is 10.1. The van der Waals surface area contributed by atoms with Crippen molar-refractivity contribution in [1.82, 2.24) is 10.2 Å². The van der Waals surface area contributed by atoms with Gasteiger partial charge in [0.1, 0.15) is 29.9 Å². The molecule has 9 nitrogen and oxygen atoms in total. The van der Waals surface area contributed by atoms with Gasteiger partial charge in [0, 0.05) is 19.7 Å². The van der Waals surface area contributed by atoms with E-state index < -0.39 is 40.2 Å². The maximum atomic E-state index is 14.0. The van der Waals surface area contributed by atoms with Crippen molar-refractivity contribution < 1.29 is 31.9 Å². The van der Waals surface area contributed by atoms with Gasteiger partial charge in [-0.3, -0.25) is 13.9 Å². The number of nitrogens with one attached hydrogen (secondary N) is 1. The molecule has 0 aliphatic heterocycles. The number of hydrogen-bond acceptors (Lipinski definition) is 6. The van der Waals surface area contributed by atoms with Crippen LogP contribution in [0, 0.1) is 12.7 Å². The van der Waals surface area contributed by atoms with Crippen molar-refractivity contribution in [2.45, 2.75) is 37.8 Å². The number of nitrogens with zero attached hydrogens (tertiary/aromatic N) is 2. The Labute approximate surface area is 234 Å². The minimum Gasteiger partial charge on any atom is -0.497 e. The highest BCUT2D eigenvalue weighted by molar-refractivity contribution is 7.92. The fourth-order valence-corrected chi connectivity index (χ4v) is 5.63. The van der Waals surface area contributed by atoms with E-state index in [0.717, 1.165) is 9.87 Å². The first kappa shape index (κ1) is 30.4. The van der Waals surface area contributed by atoms with Crippen LogP contribution in [0.1, 0.15) is 24.5 Å². The van der Waals surface area contributed by atoms with Gasteiger partial charge in [0.15, 0.2) is 0 Å². The molecular formula is C29H34FN3O6S. The Morgan fingerprint density at radius 2 is 1.62 bits per heavy atom. The summed E-state index contributed by atoms with van der Waals surface area (Å²) in [5.41, 5.74) is 1.52. The Morgan fingerprint density at radius 3 is 2.17 bits per heavy atom. The van der Waals surface area contributed by atoms with Crippen LogP contribution in [0.3, 0.4) is 0 Å². The molecule has 40 heavy (non-hydrogen) atoms. The van der Waals surface area contributed by atoms with E-state index in [0.29, 0.717) is 11.3 Å². The standard InChI is InChI=1S/C29H34FN3O6S/c1-6-25(29(35)31-3)32(18-21-9-11-22(30)12-10-21)28(34)19-33(26-17-23(38-4)13-16-27(26)39-5)40(36,37)24-14-7-20(2)8-15-24/h7-17,25H,6,18-19H2,1-5H3,(H,31,35)/t25-/m1/s1. The molecule has 1 N–H and O–H groups in total. The first-order valence-corrected chi connectivity index (χ1v) is 14.1. The molecule has 1 atom stereocenters. The van der Waals surface area contributed by atoms with Crippen molar-refractivity contribution in [3.05, 3.63) is 83.7 Å². The van der Waals surface area contributed by atoms with Crippen molar-refractivity contribution in [2.24, 2.45) is 0 Å². The summed E-state index contributed by atoms with van der Waals surface area (Å²) in [7, 11) is -0.00259. The molecule has 0 fully saturated rings. The lowest BCUT2D eigenvalue weighted by Crippen LogP contribution is -2.51. The van der Waals surface area contributed by atoms with E-state index >= 15 is 0 Å². The number of benzene rings is 3. The average molecular weight is 572 g/mol. The van der Waals surface area contributed by atoms with Crippen molar-refractivity contribution in [3.63, 3.8) is 0 Å². The molecule has 0 radical (unpaired) electrons. The fourth-order valence-electron chi connectivity index (χ4n) is 4.22. The van der Waals surface area contributed by atoms with E-state index in [2.05, 4.69) is 5.32 Å². The number of rotatable bonds is 12. The normalized spacial score (nSPS) is 11.8. The molecular weight excluding hydrogens is 537 g/mol. The number of aryl methyl sites for hydroxylation is 1. The van der Waals surface area contributed by atoms with Gasteiger partial charge in [-0.15, -0.1) is 0 Å². The van der Waals surface area contributed by atoms with Crippen molar-refractivity contribution >= 4 is 27.5 Å². The molecule has 0 heterocycles. The zero-order valence-corrected chi connectivity index (χ0v) is 24.0. The summed E-state index contributed by atoms with van der Waals surface area (Å²) < 4.78 is 53.4. The molecule has 214 valence electrons. The second-order valence-electron chi connectivity index (χ2n) is 9.05. The molecule has 3 aromatic carbocycles. The van der Waals surface area contributed by atoms with E-state index in [1.165, 1.54) is 68.6 Å². The number of methoxy groups -OCH3 is 2. The Balaban J connectivity index is 2.14. The predicted octanol–water partition coefficient (Wildman–Crippen LogP) is 3.90. The van der Waals surface area contributed by atoms with Crippen LogP contribution < -0.4 is 19.1 Å². The highest BCUT2D eigenvalue weighted by atomic mass is 32.2. The van der Waals surface area contributed by atoms with Crippen molar-refractivity contribution in [1.29, 1.82) is 0 Å². The summed E-state index contributed by atoms with van der Waals surface area (Å²) in [5.74, 6) is -0.939. The highest BCUT2D eigenvalue weighted by Gasteiger charge is 2.34. The van der Waals surface area contributed by atoms with Crippen molar-refractivity contribution in [2.75, 3.05) is 32.1 Å². The average Bonchev–Trinajstić information content (AvgIpc) is 2.96. The van der Waals surface area contributed by atoms with Crippen LogP contribution in [0.15, 0.2) is 71.6 Å². The Morgan fingerprint density at radius 1 is 0.975 bits per heavy atom. The van der Waals surface area contributed by atoms with Gasteiger partial charge in [0.25, 0.3) is 10.0 Å².